The molecule has 0 aliphatic carbocycles. The van der Waals surface area contributed by atoms with E-state index in [2.05, 4.69) is 16.9 Å². The predicted octanol–water partition coefficient (Wildman–Crippen LogP) is 2.18. The summed E-state index contributed by atoms with van der Waals surface area (Å²) in [5.74, 6) is 0.703. The van der Waals surface area contributed by atoms with Gasteiger partial charge in [-0.3, -0.25) is 4.57 Å². The summed E-state index contributed by atoms with van der Waals surface area (Å²) in [6, 6.07) is 6.71. The van der Waals surface area contributed by atoms with Gasteiger partial charge in [0.05, 0.1) is 10.6 Å². The average molecular weight is 291 g/mol. The number of benzene rings is 1. The smallest absolute Gasteiger partial charge is 0.207 e. The molecule has 0 unspecified atom stereocenters. The first-order chi connectivity index (χ1) is 9.41. The fourth-order valence-corrected chi connectivity index (χ4v) is 2.47. The van der Waals surface area contributed by atoms with Crippen LogP contribution >= 0.6 is 0 Å². The summed E-state index contributed by atoms with van der Waals surface area (Å²) in [4.78, 5) is 4.69. The van der Waals surface area contributed by atoms with Crippen molar-refractivity contribution in [3.63, 3.8) is 0 Å². The number of hydrogen-bond acceptors (Lipinski definition) is 4. The van der Waals surface area contributed by atoms with Crippen molar-refractivity contribution in [3.05, 3.63) is 48.8 Å². The van der Waals surface area contributed by atoms with Gasteiger partial charge >= 0.3 is 0 Å². The van der Waals surface area contributed by atoms with Crippen molar-refractivity contribution < 1.29 is 8.42 Å². The molecule has 6 heteroatoms. The molecule has 5 nitrogen and oxygen atoms in total. The second kappa shape index (κ2) is 5.50. The molecule has 0 spiro atoms. The van der Waals surface area contributed by atoms with Crippen LogP contribution in [0.5, 0.6) is 0 Å². The van der Waals surface area contributed by atoms with Crippen LogP contribution in [0.25, 0.3) is 5.69 Å². The second-order valence-electron chi connectivity index (χ2n) is 4.51. The van der Waals surface area contributed by atoms with E-state index < -0.39 is 9.84 Å². The first-order valence-corrected chi connectivity index (χ1v) is 8.02. The van der Waals surface area contributed by atoms with Crippen molar-refractivity contribution in [1.29, 1.82) is 0 Å². The van der Waals surface area contributed by atoms with E-state index in [-0.39, 0.29) is 0 Å². The summed E-state index contributed by atoms with van der Waals surface area (Å²) in [5.41, 5.74) is 1.73. The van der Waals surface area contributed by atoms with E-state index in [0.717, 1.165) is 11.4 Å². The van der Waals surface area contributed by atoms with Crippen molar-refractivity contribution in [1.82, 2.24) is 9.55 Å². The maximum atomic E-state index is 11.5. The number of nitrogens with one attached hydrogen (secondary N) is 1. The minimum absolute atomic E-state index is 0.304. The van der Waals surface area contributed by atoms with Gasteiger partial charge in [-0.25, -0.2) is 13.4 Å². The molecule has 1 N–H and O–H groups in total. The number of aryl methyl sites for hydroxylation is 1. The molecule has 0 bridgehead atoms. The largest absolute Gasteiger partial charge is 0.352 e. The van der Waals surface area contributed by atoms with Gasteiger partial charge in [-0.1, -0.05) is 6.08 Å². The van der Waals surface area contributed by atoms with Crippen molar-refractivity contribution in [2.75, 3.05) is 18.1 Å². The van der Waals surface area contributed by atoms with Gasteiger partial charge in [0.15, 0.2) is 9.84 Å². The Kier molecular flexibility index (Phi) is 3.94. The summed E-state index contributed by atoms with van der Waals surface area (Å²) in [6.45, 7) is 6.17. The number of nitrogens with zero attached hydrogens (tertiary/aromatic N) is 2. The van der Waals surface area contributed by atoms with E-state index in [9.17, 15) is 8.42 Å². The minimum Gasteiger partial charge on any atom is -0.352 e. The maximum absolute atomic E-state index is 11.5. The molecule has 20 heavy (non-hydrogen) atoms. The van der Waals surface area contributed by atoms with Gasteiger partial charge in [-0.2, -0.15) is 0 Å². The van der Waals surface area contributed by atoms with Crippen LogP contribution in [-0.4, -0.2) is 30.8 Å². The third-order valence-electron chi connectivity index (χ3n) is 2.77. The molecule has 0 amide bonds. The van der Waals surface area contributed by atoms with Crippen molar-refractivity contribution in [2.24, 2.45) is 0 Å². The Morgan fingerprint density at radius 3 is 2.55 bits per heavy atom. The second-order valence-corrected chi connectivity index (χ2v) is 6.53. The number of aromatic nitrogens is 2. The Balaban J connectivity index is 2.39. The molecule has 0 aliphatic rings. The van der Waals surface area contributed by atoms with Gasteiger partial charge in [0, 0.05) is 24.7 Å². The molecule has 2 rings (SSSR count). The summed E-state index contributed by atoms with van der Waals surface area (Å²) in [5, 5.41) is 3.14. The van der Waals surface area contributed by atoms with E-state index in [4.69, 9.17) is 0 Å². The molecule has 0 radical (unpaired) electrons. The van der Waals surface area contributed by atoms with Gasteiger partial charge in [0.2, 0.25) is 5.95 Å². The topological polar surface area (TPSA) is 64.0 Å². The Morgan fingerprint density at radius 1 is 1.35 bits per heavy atom. The highest BCUT2D eigenvalue weighted by atomic mass is 32.2. The van der Waals surface area contributed by atoms with Crippen LogP contribution in [-0.2, 0) is 9.84 Å². The molecule has 0 saturated carbocycles. The van der Waals surface area contributed by atoms with E-state index in [0.29, 0.717) is 17.4 Å². The predicted molar refractivity (Wildman–Crippen MR) is 80.1 cm³/mol. The van der Waals surface area contributed by atoms with Crippen LogP contribution in [0.2, 0.25) is 0 Å². The molecule has 1 aromatic heterocycles. The highest BCUT2D eigenvalue weighted by Gasteiger charge is 2.09. The molecule has 0 atom stereocenters. The number of hydrogen-bond donors (Lipinski definition) is 1. The molecule has 0 saturated heterocycles. The van der Waals surface area contributed by atoms with Crippen molar-refractivity contribution >= 4 is 15.8 Å². The third kappa shape index (κ3) is 3.08. The lowest BCUT2D eigenvalue weighted by atomic mass is 10.3. The van der Waals surface area contributed by atoms with Gasteiger partial charge in [0.25, 0.3) is 0 Å². The third-order valence-corrected chi connectivity index (χ3v) is 3.90. The first-order valence-electron chi connectivity index (χ1n) is 6.13. The van der Waals surface area contributed by atoms with E-state index in [1.807, 2.05) is 17.7 Å². The SMILES string of the molecule is C=CCNc1nc(C)cn1-c1ccc(S(C)(=O)=O)cc1. The number of anilines is 1. The summed E-state index contributed by atoms with van der Waals surface area (Å²) >= 11 is 0. The maximum Gasteiger partial charge on any atom is 0.207 e. The zero-order chi connectivity index (χ0) is 14.8. The average Bonchev–Trinajstić information content (AvgIpc) is 2.76. The van der Waals surface area contributed by atoms with Crippen molar-refractivity contribution in [3.8, 4) is 5.69 Å². The Morgan fingerprint density at radius 2 is 2.00 bits per heavy atom. The molecular weight excluding hydrogens is 274 g/mol. The molecule has 1 heterocycles. The van der Waals surface area contributed by atoms with E-state index >= 15 is 0 Å². The standard InChI is InChI=1S/C14H17N3O2S/c1-4-9-15-14-16-11(2)10-17(14)12-5-7-13(8-6-12)20(3,18)19/h4-8,10H,1,9H2,2-3H3,(H,15,16). The summed E-state index contributed by atoms with van der Waals surface area (Å²) in [7, 11) is -3.17. The van der Waals surface area contributed by atoms with Crippen LogP contribution in [0.4, 0.5) is 5.95 Å². The quantitative estimate of drug-likeness (QED) is 0.858. The number of imidazole rings is 1. The highest BCUT2D eigenvalue weighted by Crippen LogP contribution is 2.18. The van der Waals surface area contributed by atoms with E-state index in [1.54, 1.807) is 30.3 Å². The molecular formula is C14H17N3O2S. The van der Waals surface area contributed by atoms with Crippen LogP contribution in [0.15, 0.2) is 48.0 Å². The minimum atomic E-state index is -3.17. The zero-order valence-electron chi connectivity index (χ0n) is 11.5. The molecule has 0 fully saturated rings. The van der Waals surface area contributed by atoms with Gasteiger partial charge in [-0.15, -0.1) is 6.58 Å². The van der Waals surface area contributed by atoms with Gasteiger partial charge < -0.3 is 5.32 Å². The summed E-state index contributed by atoms with van der Waals surface area (Å²) < 4.78 is 24.8. The van der Waals surface area contributed by atoms with Crippen LogP contribution in [0, 0.1) is 6.92 Å². The molecule has 2 aromatic rings. The van der Waals surface area contributed by atoms with Crippen LogP contribution in [0.1, 0.15) is 5.69 Å². The van der Waals surface area contributed by atoms with Crippen LogP contribution in [0.3, 0.4) is 0 Å². The highest BCUT2D eigenvalue weighted by molar-refractivity contribution is 7.90. The van der Waals surface area contributed by atoms with E-state index in [1.165, 1.54) is 6.26 Å². The molecule has 0 aliphatic heterocycles. The Hall–Kier alpha value is -2.08. The number of sulfone groups is 1. The molecule has 1 aromatic carbocycles. The zero-order valence-corrected chi connectivity index (χ0v) is 12.3. The lowest BCUT2D eigenvalue weighted by molar-refractivity contribution is 0.602. The fourth-order valence-electron chi connectivity index (χ4n) is 1.84. The number of rotatable bonds is 5. The first kappa shape index (κ1) is 14.3. The van der Waals surface area contributed by atoms with Crippen LogP contribution < -0.4 is 5.32 Å². The Labute approximate surface area is 118 Å². The lowest BCUT2D eigenvalue weighted by Crippen LogP contribution is -2.06. The Bertz CT molecular complexity index is 715. The lowest BCUT2D eigenvalue weighted by Gasteiger charge is -2.09. The molecule has 106 valence electrons. The monoisotopic (exact) mass is 291 g/mol. The van der Waals surface area contributed by atoms with Gasteiger partial charge in [0.1, 0.15) is 0 Å². The fraction of sp³-hybridized carbons (Fsp3) is 0.214. The normalized spacial score (nSPS) is 11.3. The van der Waals surface area contributed by atoms with Crippen molar-refractivity contribution in [2.45, 2.75) is 11.8 Å². The van der Waals surface area contributed by atoms with Gasteiger partial charge in [-0.05, 0) is 31.2 Å². The summed E-state index contributed by atoms with van der Waals surface area (Å²) in [6.07, 6.45) is 4.84.